The molecule has 2 heteroatoms. The molecule has 0 radical (unpaired) electrons. The van der Waals surface area contributed by atoms with Crippen molar-refractivity contribution in [1.82, 2.24) is 0 Å². The molecule has 0 aliphatic heterocycles. The molecule has 0 bridgehead atoms. The molecule has 418 valence electrons. The van der Waals surface area contributed by atoms with Gasteiger partial charge in [-0.2, -0.15) is 0 Å². The third-order valence-electron chi connectivity index (χ3n) is 17.7. The van der Waals surface area contributed by atoms with E-state index in [0.29, 0.717) is 0 Å². The van der Waals surface area contributed by atoms with Crippen LogP contribution < -0.4 is 9.80 Å². The Morgan fingerprint density at radius 3 is 0.830 bits per heavy atom. The summed E-state index contributed by atoms with van der Waals surface area (Å²) in [5.41, 5.74) is 26.3. The quantitative estimate of drug-likeness (QED) is 0.100. The molecule has 13 aromatic rings. The number of nitrogens with zero attached hydrogens (tertiary/aromatic N) is 2. The number of anilines is 6. The number of benzene rings is 13. The average molecular weight is 1130 g/mol. The Kier molecular flexibility index (Phi) is 14.7. The molecular weight excluding hydrogens is 1060 g/mol. The van der Waals surface area contributed by atoms with Crippen LogP contribution in [0.4, 0.5) is 34.1 Å². The Balaban J connectivity index is 0.968. The highest BCUT2D eigenvalue weighted by atomic mass is 15.1. The van der Waals surface area contributed by atoms with Gasteiger partial charge in [0.1, 0.15) is 0 Å². The Bertz CT molecular complexity index is 4570. The van der Waals surface area contributed by atoms with Gasteiger partial charge >= 0.3 is 0 Å². The van der Waals surface area contributed by atoms with Crippen molar-refractivity contribution in [3.63, 3.8) is 0 Å². The summed E-state index contributed by atoms with van der Waals surface area (Å²) in [6.07, 6.45) is 15.8. The van der Waals surface area contributed by atoms with E-state index in [1.165, 1.54) is 111 Å². The highest BCUT2D eigenvalue weighted by Gasteiger charge is 2.25. The first-order valence-corrected chi connectivity index (χ1v) is 30.8. The minimum Gasteiger partial charge on any atom is -0.310 e. The standard InChI is InChI=1S/C86H64N2/c1-7-19-61(20-8-1)67-31-35-73(36-32-67)85-81-57-55-80(88(77-51-43-71(44-52-77)65-27-15-5-16-28-65)78-53-45-72(46-54-78)66-29-17-6-18-30-66)60-84(81)86(74-37-33-68(34-38-74)62-21-9-2-10-22-62)82-58-56-79(59-83(82)85)87(75-47-39-69(40-48-75)63-23-11-3-12-24-63)76-49-41-70(42-50-76)64-25-13-4-14-26-64/h1-9,11-21,23-33,35-37,39-60H,10,22,34,38H2. The van der Waals surface area contributed by atoms with Crippen LogP contribution in [0.5, 0.6) is 0 Å². The van der Waals surface area contributed by atoms with Gasteiger partial charge in [0.05, 0.1) is 0 Å². The summed E-state index contributed by atoms with van der Waals surface area (Å²) in [6.45, 7) is 0. The van der Waals surface area contributed by atoms with Gasteiger partial charge in [0.2, 0.25) is 0 Å². The first-order chi connectivity index (χ1) is 43.6. The van der Waals surface area contributed by atoms with Gasteiger partial charge in [0.25, 0.3) is 0 Å². The fourth-order valence-electron chi connectivity index (χ4n) is 13.2. The fraction of sp³-hybridized carbons (Fsp3) is 0.0465. The summed E-state index contributed by atoms with van der Waals surface area (Å²) in [4.78, 5) is 4.87. The maximum Gasteiger partial charge on any atom is 0.0468 e. The second-order valence-corrected chi connectivity index (χ2v) is 23.0. The van der Waals surface area contributed by atoms with Crippen molar-refractivity contribution in [3.8, 4) is 66.8 Å². The number of allylic oxidation sites excluding steroid dienone is 8. The van der Waals surface area contributed by atoms with Crippen molar-refractivity contribution in [1.29, 1.82) is 0 Å². The van der Waals surface area contributed by atoms with Crippen molar-refractivity contribution in [2.24, 2.45) is 0 Å². The molecule has 13 aromatic carbocycles. The molecule has 0 spiro atoms. The number of fused-ring (bicyclic) bond motifs is 2. The molecule has 0 heterocycles. The molecule has 0 atom stereocenters. The van der Waals surface area contributed by atoms with E-state index in [1.807, 2.05) is 0 Å². The van der Waals surface area contributed by atoms with Crippen LogP contribution in [-0.4, -0.2) is 0 Å². The molecule has 2 aliphatic carbocycles. The Morgan fingerprint density at radius 2 is 0.489 bits per heavy atom. The fourth-order valence-corrected chi connectivity index (χ4v) is 13.2. The van der Waals surface area contributed by atoms with Gasteiger partial charge in [0.15, 0.2) is 0 Å². The number of hydrogen-bond donors (Lipinski definition) is 0. The zero-order valence-electron chi connectivity index (χ0n) is 49.1. The molecule has 0 saturated heterocycles. The van der Waals surface area contributed by atoms with Crippen LogP contribution in [0.2, 0.25) is 0 Å². The van der Waals surface area contributed by atoms with Crippen LogP contribution in [0.15, 0.2) is 351 Å². The average Bonchev–Trinajstić information content (AvgIpc) is 1.22. The molecule has 0 aromatic heterocycles. The van der Waals surface area contributed by atoms with Gasteiger partial charge in [0, 0.05) is 34.1 Å². The van der Waals surface area contributed by atoms with E-state index >= 15 is 0 Å². The molecule has 0 fully saturated rings. The SMILES string of the molecule is C1=CCCC(C2=CC=C(c3c4cc(N(c5ccc(-c6ccccc6)cc5)c5ccc(-c6ccccc6)cc5)ccc4c(-c4ccc(-c5ccccc5)cc4)c4cc(N(c5ccc(-c6ccccc6)cc5)c5ccc(-c6ccccc6)cc5)ccc34)CC2)=C1. The highest BCUT2D eigenvalue weighted by molar-refractivity contribution is 6.20. The largest absolute Gasteiger partial charge is 0.310 e. The van der Waals surface area contributed by atoms with E-state index in [1.54, 1.807) is 0 Å². The van der Waals surface area contributed by atoms with Crippen LogP contribution in [0.25, 0.3) is 93.9 Å². The summed E-state index contributed by atoms with van der Waals surface area (Å²) >= 11 is 0. The topological polar surface area (TPSA) is 6.48 Å². The van der Waals surface area contributed by atoms with Crippen molar-refractivity contribution in [2.45, 2.75) is 25.7 Å². The second kappa shape index (κ2) is 24.1. The van der Waals surface area contributed by atoms with E-state index in [4.69, 9.17) is 0 Å². The molecule has 0 saturated carbocycles. The van der Waals surface area contributed by atoms with Gasteiger partial charge in [-0.1, -0.05) is 267 Å². The molecule has 2 aliphatic rings. The van der Waals surface area contributed by atoms with E-state index in [0.717, 1.165) is 59.8 Å². The third kappa shape index (κ3) is 10.8. The molecular formula is C86H64N2. The predicted octanol–water partition coefficient (Wildman–Crippen LogP) is 24.3. The van der Waals surface area contributed by atoms with E-state index in [9.17, 15) is 0 Å². The molecule has 0 N–H and O–H groups in total. The van der Waals surface area contributed by atoms with E-state index < -0.39 is 0 Å². The lowest BCUT2D eigenvalue weighted by Gasteiger charge is -2.29. The normalized spacial score (nSPS) is 13.0. The first kappa shape index (κ1) is 53.7. The van der Waals surface area contributed by atoms with Gasteiger partial charge in [-0.05, 0) is 209 Å². The molecule has 2 nitrogen and oxygen atoms in total. The highest BCUT2D eigenvalue weighted by Crippen LogP contribution is 2.49. The Morgan fingerprint density at radius 1 is 0.205 bits per heavy atom. The molecule has 15 rings (SSSR count). The van der Waals surface area contributed by atoms with Gasteiger partial charge < -0.3 is 9.80 Å². The van der Waals surface area contributed by atoms with Crippen molar-refractivity contribution in [2.75, 3.05) is 9.80 Å². The first-order valence-electron chi connectivity index (χ1n) is 30.8. The maximum absolute atomic E-state index is 2.49. The summed E-state index contributed by atoms with van der Waals surface area (Å²) in [6, 6.07) is 114. The van der Waals surface area contributed by atoms with E-state index in [2.05, 4.69) is 350 Å². The molecule has 0 unspecified atom stereocenters. The lowest BCUT2D eigenvalue weighted by atomic mass is 9.81. The predicted molar refractivity (Wildman–Crippen MR) is 375 cm³/mol. The summed E-state index contributed by atoms with van der Waals surface area (Å²) < 4.78 is 0. The Labute approximate surface area is 516 Å². The zero-order chi connectivity index (χ0) is 58.6. The van der Waals surface area contributed by atoms with Crippen LogP contribution in [0, 0.1) is 0 Å². The zero-order valence-corrected chi connectivity index (χ0v) is 49.1. The van der Waals surface area contributed by atoms with Crippen molar-refractivity contribution >= 4 is 61.2 Å². The molecule has 88 heavy (non-hydrogen) atoms. The van der Waals surface area contributed by atoms with Crippen molar-refractivity contribution < 1.29 is 0 Å². The third-order valence-corrected chi connectivity index (χ3v) is 17.7. The Hall–Kier alpha value is -11.1. The van der Waals surface area contributed by atoms with Crippen LogP contribution in [0.3, 0.4) is 0 Å². The maximum atomic E-state index is 2.49. The summed E-state index contributed by atoms with van der Waals surface area (Å²) in [7, 11) is 0. The van der Waals surface area contributed by atoms with Crippen molar-refractivity contribution in [3.05, 3.63) is 356 Å². The smallest absolute Gasteiger partial charge is 0.0468 e. The van der Waals surface area contributed by atoms with Crippen LogP contribution in [-0.2, 0) is 0 Å². The van der Waals surface area contributed by atoms with Gasteiger partial charge in [-0.25, -0.2) is 0 Å². The monoisotopic (exact) mass is 1120 g/mol. The lowest BCUT2D eigenvalue weighted by Crippen LogP contribution is -2.11. The summed E-state index contributed by atoms with van der Waals surface area (Å²) in [5, 5.41) is 4.85. The minimum atomic E-state index is 0.924. The van der Waals surface area contributed by atoms with Crippen LogP contribution >= 0.6 is 0 Å². The lowest BCUT2D eigenvalue weighted by molar-refractivity contribution is 0.906. The number of hydrogen-bond acceptors (Lipinski definition) is 2. The number of rotatable bonds is 14. The van der Waals surface area contributed by atoms with E-state index in [-0.39, 0.29) is 0 Å². The van der Waals surface area contributed by atoms with Gasteiger partial charge in [-0.3, -0.25) is 0 Å². The summed E-state index contributed by atoms with van der Waals surface area (Å²) in [5.74, 6) is 0. The van der Waals surface area contributed by atoms with Gasteiger partial charge in [-0.15, -0.1) is 0 Å². The molecule has 0 amide bonds. The van der Waals surface area contributed by atoms with Crippen LogP contribution in [0.1, 0.15) is 31.2 Å². The second-order valence-electron chi connectivity index (χ2n) is 23.0. The minimum absolute atomic E-state index is 0.924.